The van der Waals surface area contributed by atoms with Crippen LogP contribution in [-0.2, 0) is 23.1 Å². The first-order valence-electron chi connectivity index (χ1n) is 9.83. The van der Waals surface area contributed by atoms with E-state index in [1.54, 1.807) is 0 Å². The van der Waals surface area contributed by atoms with E-state index < -0.39 is 6.09 Å². The summed E-state index contributed by atoms with van der Waals surface area (Å²) < 4.78 is 7.15. The number of carbonyl (C=O) groups is 2. The molecule has 3 rings (SSSR count). The van der Waals surface area contributed by atoms with Gasteiger partial charge in [-0.3, -0.25) is 0 Å². The van der Waals surface area contributed by atoms with Crippen molar-refractivity contribution in [2.24, 2.45) is 0 Å². The van der Waals surface area contributed by atoms with Crippen LogP contribution in [0.3, 0.4) is 0 Å². The summed E-state index contributed by atoms with van der Waals surface area (Å²) in [5, 5.41) is 9.36. The Morgan fingerprint density at radius 2 is 1.76 bits per heavy atom. The molecule has 1 aliphatic heterocycles. The minimum absolute atomic E-state index is 0.253. The molecule has 1 amide bonds. The van der Waals surface area contributed by atoms with Gasteiger partial charge >= 0.3 is 12.1 Å². The number of fused-ring (bicyclic) bond motifs is 1. The molecule has 0 saturated heterocycles. The van der Waals surface area contributed by atoms with E-state index in [2.05, 4.69) is 25.3 Å². The highest BCUT2D eigenvalue weighted by Gasteiger charge is 2.30. The Balaban J connectivity index is 2.19. The zero-order chi connectivity index (χ0) is 21.5. The maximum atomic E-state index is 12.2. The smallest absolute Gasteiger partial charge is 0.407 e. The molecule has 2 aromatic rings. The van der Waals surface area contributed by atoms with Gasteiger partial charge < -0.3 is 19.3 Å². The number of carbonyl (C=O) groups excluding carboxylic acids is 1. The van der Waals surface area contributed by atoms with Gasteiger partial charge in [0.2, 0.25) is 0 Å². The summed E-state index contributed by atoms with van der Waals surface area (Å²) in [6, 6.07) is 3.85. The number of carboxylic acid groups (broad SMARTS) is 1. The van der Waals surface area contributed by atoms with Gasteiger partial charge in [0.15, 0.2) is 0 Å². The highest BCUT2D eigenvalue weighted by atomic mass is 16.5. The second kappa shape index (κ2) is 7.54. The second-order valence-electron chi connectivity index (χ2n) is 8.58. The zero-order valence-electron chi connectivity index (χ0n) is 18.0. The van der Waals surface area contributed by atoms with E-state index in [1.807, 2.05) is 26.0 Å². The lowest BCUT2D eigenvalue weighted by Gasteiger charge is -2.27. The van der Waals surface area contributed by atoms with Crippen molar-refractivity contribution in [2.45, 2.75) is 53.0 Å². The molecule has 1 aliphatic rings. The van der Waals surface area contributed by atoms with E-state index in [9.17, 15) is 14.7 Å². The van der Waals surface area contributed by atoms with Crippen molar-refractivity contribution in [3.8, 4) is 11.4 Å². The average Bonchev–Trinajstić information content (AvgIpc) is 2.87. The molecule has 0 fully saturated rings. The number of aryl methyl sites for hydroxylation is 2. The lowest BCUT2D eigenvalue weighted by Crippen LogP contribution is -2.32. The summed E-state index contributed by atoms with van der Waals surface area (Å²) in [7, 11) is 1.38. The predicted octanol–water partition coefficient (Wildman–Crippen LogP) is 3.79. The number of esters is 1. The highest BCUT2D eigenvalue weighted by Crippen LogP contribution is 2.34. The first kappa shape index (κ1) is 20.9. The molecule has 7 nitrogen and oxygen atoms in total. The van der Waals surface area contributed by atoms with Crippen LogP contribution < -0.4 is 0 Å². The van der Waals surface area contributed by atoms with Crippen LogP contribution in [0.2, 0.25) is 0 Å². The molecule has 7 heteroatoms. The summed E-state index contributed by atoms with van der Waals surface area (Å²) in [5.74, 6) is 0.449. The van der Waals surface area contributed by atoms with Crippen LogP contribution in [0.5, 0.6) is 0 Å². The number of nitrogens with zero attached hydrogens (tertiary/aromatic N) is 3. The molecule has 0 radical (unpaired) electrons. The topological polar surface area (TPSA) is 84.7 Å². The van der Waals surface area contributed by atoms with Crippen molar-refractivity contribution in [1.29, 1.82) is 0 Å². The minimum Gasteiger partial charge on any atom is -0.465 e. The third-order valence-corrected chi connectivity index (χ3v) is 5.45. The van der Waals surface area contributed by atoms with E-state index in [-0.39, 0.29) is 11.5 Å². The van der Waals surface area contributed by atoms with Gasteiger partial charge in [0.1, 0.15) is 5.82 Å². The number of amides is 1. The fourth-order valence-electron chi connectivity index (χ4n) is 4.07. The molecular formula is C22H29N3O4. The number of benzene rings is 1. The summed E-state index contributed by atoms with van der Waals surface area (Å²) in [6.07, 6.45) is 0.294. The number of methoxy groups -OCH3 is 1. The van der Waals surface area contributed by atoms with Crippen molar-refractivity contribution in [2.75, 3.05) is 20.2 Å². The largest absolute Gasteiger partial charge is 0.465 e. The van der Waals surface area contributed by atoms with Gasteiger partial charge in [-0.15, -0.1) is 0 Å². The first-order chi connectivity index (χ1) is 13.5. The van der Waals surface area contributed by atoms with E-state index in [0.29, 0.717) is 31.5 Å². The molecule has 0 spiro atoms. The van der Waals surface area contributed by atoms with E-state index in [1.165, 1.54) is 12.0 Å². The molecule has 0 saturated carbocycles. The fraction of sp³-hybridized carbons (Fsp3) is 0.500. The van der Waals surface area contributed by atoms with Gasteiger partial charge in [0.05, 0.1) is 18.4 Å². The van der Waals surface area contributed by atoms with Crippen molar-refractivity contribution in [3.05, 3.63) is 40.2 Å². The lowest BCUT2D eigenvalue weighted by atomic mass is 9.98. The minimum atomic E-state index is -0.894. The van der Waals surface area contributed by atoms with Gasteiger partial charge in [-0.05, 0) is 51.8 Å². The molecule has 2 heterocycles. The third-order valence-electron chi connectivity index (χ3n) is 5.45. The van der Waals surface area contributed by atoms with Crippen molar-refractivity contribution < 1.29 is 19.4 Å². The number of hydrogen-bond acceptors (Lipinski definition) is 4. The Morgan fingerprint density at radius 1 is 1.10 bits per heavy atom. The third kappa shape index (κ3) is 3.86. The molecule has 29 heavy (non-hydrogen) atoms. The number of ether oxygens (including phenoxy) is 1. The van der Waals surface area contributed by atoms with Gasteiger partial charge in [0.25, 0.3) is 0 Å². The van der Waals surface area contributed by atoms with E-state index >= 15 is 0 Å². The molecule has 0 atom stereocenters. The number of rotatable bonds is 2. The van der Waals surface area contributed by atoms with Crippen LogP contribution in [0.25, 0.3) is 11.4 Å². The standard InChI is InChI=1S/C22H29N3O4/c1-13-11-14(2)16(20(26)29-6)12-15(13)19-23-17-7-9-24(21(27)28)10-8-18(17)25(19)22(3,4)5/h11-12H,7-10H2,1-6H3,(H,27,28). The lowest BCUT2D eigenvalue weighted by molar-refractivity contribution is 0.0600. The summed E-state index contributed by atoms with van der Waals surface area (Å²) in [4.78, 5) is 30.0. The van der Waals surface area contributed by atoms with E-state index in [4.69, 9.17) is 9.72 Å². The summed E-state index contributed by atoms with van der Waals surface area (Å²) in [5.41, 5.74) is 5.07. The molecular weight excluding hydrogens is 370 g/mol. The molecule has 0 aliphatic carbocycles. The maximum Gasteiger partial charge on any atom is 0.407 e. The van der Waals surface area contributed by atoms with Crippen molar-refractivity contribution >= 4 is 12.1 Å². The number of imidazole rings is 1. The molecule has 1 N–H and O–H groups in total. The van der Waals surface area contributed by atoms with Gasteiger partial charge in [0, 0.05) is 42.7 Å². The first-order valence-corrected chi connectivity index (χ1v) is 9.83. The van der Waals surface area contributed by atoms with Crippen molar-refractivity contribution in [1.82, 2.24) is 14.5 Å². The second-order valence-corrected chi connectivity index (χ2v) is 8.58. The molecule has 0 unspecified atom stereocenters. The van der Waals surface area contributed by atoms with Crippen LogP contribution in [0, 0.1) is 13.8 Å². The molecule has 156 valence electrons. The monoisotopic (exact) mass is 399 g/mol. The Hall–Kier alpha value is -2.83. The van der Waals surface area contributed by atoms with Crippen molar-refractivity contribution in [3.63, 3.8) is 0 Å². The number of hydrogen-bond donors (Lipinski definition) is 1. The van der Waals surface area contributed by atoms with Crippen LogP contribution in [0.1, 0.15) is 53.6 Å². The quantitative estimate of drug-likeness (QED) is 0.777. The van der Waals surface area contributed by atoms with Gasteiger partial charge in [-0.1, -0.05) is 6.07 Å². The van der Waals surface area contributed by atoms with Crippen LogP contribution in [-0.4, -0.2) is 51.8 Å². The van der Waals surface area contributed by atoms with Gasteiger partial charge in [-0.2, -0.15) is 0 Å². The Kier molecular flexibility index (Phi) is 5.43. The number of aromatic nitrogens is 2. The van der Waals surface area contributed by atoms with Gasteiger partial charge in [-0.25, -0.2) is 14.6 Å². The van der Waals surface area contributed by atoms with Crippen LogP contribution in [0.4, 0.5) is 4.79 Å². The van der Waals surface area contributed by atoms with Crippen LogP contribution >= 0.6 is 0 Å². The summed E-state index contributed by atoms with van der Waals surface area (Å²) >= 11 is 0. The maximum absolute atomic E-state index is 12.2. The molecule has 0 bridgehead atoms. The Labute approximate surface area is 171 Å². The zero-order valence-corrected chi connectivity index (χ0v) is 18.0. The summed E-state index contributed by atoms with van der Waals surface area (Å²) in [6.45, 7) is 11.1. The average molecular weight is 399 g/mol. The molecule has 1 aromatic heterocycles. The molecule has 1 aromatic carbocycles. The van der Waals surface area contributed by atoms with E-state index in [0.717, 1.165) is 33.9 Å². The predicted molar refractivity (Wildman–Crippen MR) is 110 cm³/mol. The Morgan fingerprint density at radius 3 is 2.34 bits per heavy atom. The Bertz CT molecular complexity index is 969. The normalized spacial score (nSPS) is 14.3. The highest BCUT2D eigenvalue weighted by molar-refractivity contribution is 5.92. The fourth-order valence-corrected chi connectivity index (χ4v) is 4.07. The van der Waals surface area contributed by atoms with Crippen LogP contribution in [0.15, 0.2) is 12.1 Å². The SMILES string of the molecule is COC(=O)c1cc(-c2nc3c(n2C(C)(C)C)CCN(C(=O)O)CC3)c(C)cc1C.